The lowest BCUT2D eigenvalue weighted by Crippen LogP contribution is -2.44. The topological polar surface area (TPSA) is 73.7 Å². The van der Waals surface area contributed by atoms with Crippen LogP contribution in [0.25, 0.3) is 0 Å². The Labute approximate surface area is 166 Å². The van der Waals surface area contributed by atoms with Gasteiger partial charge >= 0.3 is 12.1 Å². The molecule has 1 amide bonds. The molecular weight excluding hydrogens is 395 g/mol. The summed E-state index contributed by atoms with van der Waals surface area (Å²) in [5.74, 6) is -1.77. The van der Waals surface area contributed by atoms with Gasteiger partial charge in [0.1, 0.15) is 5.01 Å². The van der Waals surface area contributed by atoms with Crippen LogP contribution in [-0.2, 0) is 16.1 Å². The van der Waals surface area contributed by atoms with Crippen molar-refractivity contribution in [2.24, 2.45) is 11.3 Å². The molecule has 1 spiro atoms. The van der Waals surface area contributed by atoms with Gasteiger partial charge in [-0.05, 0) is 38.3 Å². The molecule has 158 valence electrons. The summed E-state index contributed by atoms with van der Waals surface area (Å²) in [4.78, 5) is 30.5. The first kappa shape index (κ1) is 22.6. The van der Waals surface area contributed by atoms with Crippen LogP contribution in [0.15, 0.2) is 11.6 Å². The van der Waals surface area contributed by atoms with Gasteiger partial charge in [-0.3, -0.25) is 9.69 Å². The molecule has 3 rings (SSSR count). The molecule has 2 aliphatic rings. The first-order chi connectivity index (χ1) is 13.0. The van der Waals surface area contributed by atoms with E-state index in [-0.39, 0.29) is 5.41 Å². The van der Waals surface area contributed by atoms with E-state index in [1.807, 2.05) is 11.6 Å². The van der Waals surface area contributed by atoms with Crippen molar-refractivity contribution < 1.29 is 27.9 Å². The number of piperidine rings is 1. The van der Waals surface area contributed by atoms with Crippen LogP contribution in [-0.4, -0.2) is 64.1 Å². The van der Waals surface area contributed by atoms with Crippen LogP contribution in [0.4, 0.5) is 13.2 Å². The number of carbonyl (C=O) groups excluding carboxylic acids is 1. The fraction of sp³-hybridized carbons (Fsp3) is 0.722. The predicted molar refractivity (Wildman–Crippen MR) is 98.8 cm³/mol. The largest absolute Gasteiger partial charge is 0.490 e. The van der Waals surface area contributed by atoms with E-state index >= 15 is 0 Å². The minimum atomic E-state index is -5.08. The minimum absolute atomic E-state index is 0.0474. The molecule has 0 aliphatic carbocycles. The van der Waals surface area contributed by atoms with Crippen LogP contribution in [0.3, 0.4) is 0 Å². The normalized spacial score (nSPS) is 19.8. The van der Waals surface area contributed by atoms with Gasteiger partial charge in [0, 0.05) is 24.7 Å². The quantitative estimate of drug-likeness (QED) is 0.808. The number of hydrogen-bond acceptors (Lipinski definition) is 5. The van der Waals surface area contributed by atoms with Gasteiger partial charge in [-0.2, -0.15) is 13.2 Å². The first-order valence-electron chi connectivity index (χ1n) is 9.24. The van der Waals surface area contributed by atoms with Crippen LogP contribution >= 0.6 is 11.3 Å². The maximum Gasteiger partial charge on any atom is 0.490 e. The van der Waals surface area contributed by atoms with Gasteiger partial charge in [0.25, 0.3) is 0 Å². The number of amides is 1. The van der Waals surface area contributed by atoms with E-state index in [9.17, 15) is 18.0 Å². The third-order valence-corrected chi connectivity index (χ3v) is 5.85. The number of carboxylic acids is 1. The highest BCUT2D eigenvalue weighted by Crippen LogP contribution is 2.42. The number of alkyl halides is 3. The first-order valence-corrected chi connectivity index (χ1v) is 10.1. The summed E-state index contributed by atoms with van der Waals surface area (Å²) in [5.41, 5.74) is -0.0474. The second kappa shape index (κ2) is 9.21. The molecule has 0 unspecified atom stereocenters. The number of halogens is 3. The van der Waals surface area contributed by atoms with E-state index in [1.54, 1.807) is 11.3 Å². The number of likely N-dealkylation sites (tertiary alicyclic amines) is 2. The van der Waals surface area contributed by atoms with E-state index in [4.69, 9.17) is 9.90 Å². The van der Waals surface area contributed by atoms with Crippen molar-refractivity contribution >= 4 is 23.2 Å². The maximum absolute atomic E-state index is 12.7. The van der Waals surface area contributed by atoms with E-state index in [0.29, 0.717) is 11.8 Å². The molecule has 2 saturated heterocycles. The number of carboxylic acid groups (broad SMARTS) is 1. The standard InChI is InChI=1S/C16H25N3OS.C2HF3O2/c1-13(2)11-19-9-5-16(15(19)20)3-7-18(8-4-16)12-14-17-6-10-21-14;3-2(4,5)1(6)7/h6,10,13H,3-5,7-9,11-12H2,1-2H3;(H,6,7). The molecule has 0 aromatic carbocycles. The lowest BCUT2D eigenvalue weighted by Gasteiger charge is -2.37. The molecule has 1 aromatic heterocycles. The number of carbonyl (C=O) groups is 2. The summed E-state index contributed by atoms with van der Waals surface area (Å²) in [6.07, 6.45) is -0.114. The van der Waals surface area contributed by atoms with Crippen molar-refractivity contribution in [3.8, 4) is 0 Å². The summed E-state index contributed by atoms with van der Waals surface area (Å²) >= 11 is 1.72. The highest BCUT2D eigenvalue weighted by Gasteiger charge is 2.47. The Hall–Kier alpha value is -1.68. The van der Waals surface area contributed by atoms with E-state index in [0.717, 1.165) is 52.0 Å². The molecule has 10 heteroatoms. The van der Waals surface area contributed by atoms with Crippen molar-refractivity contribution in [3.05, 3.63) is 16.6 Å². The average Bonchev–Trinajstić information content (AvgIpc) is 3.21. The Kier molecular flexibility index (Phi) is 7.44. The van der Waals surface area contributed by atoms with Crippen LogP contribution in [0, 0.1) is 11.3 Å². The number of thiazole rings is 1. The monoisotopic (exact) mass is 421 g/mol. The van der Waals surface area contributed by atoms with Crippen molar-refractivity contribution in [1.82, 2.24) is 14.8 Å². The Morgan fingerprint density at radius 3 is 2.32 bits per heavy atom. The molecular formula is C18H26F3N3O3S. The zero-order valence-corrected chi connectivity index (χ0v) is 16.9. The van der Waals surface area contributed by atoms with E-state index < -0.39 is 12.1 Å². The molecule has 2 fully saturated rings. The number of aromatic nitrogens is 1. The average molecular weight is 421 g/mol. The number of hydrogen-bond donors (Lipinski definition) is 1. The molecule has 0 atom stereocenters. The second-order valence-corrected chi connectivity index (χ2v) is 8.66. The fourth-order valence-corrected chi connectivity index (χ4v) is 4.29. The van der Waals surface area contributed by atoms with Gasteiger partial charge < -0.3 is 10.0 Å². The van der Waals surface area contributed by atoms with Gasteiger partial charge in [0.2, 0.25) is 5.91 Å². The van der Waals surface area contributed by atoms with Crippen molar-refractivity contribution in [3.63, 3.8) is 0 Å². The Morgan fingerprint density at radius 1 is 1.29 bits per heavy atom. The van der Waals surface area contributed by atoms with Crippen LogP contribution < -0.4 is 0 Å². The summed E-state index contributed by atoms with van der Waals surface area (Å²) in [7, 11) is 0. The third kappa shape index (κ3) is 5.91. The zero-order valence-electron chi connectivity index (χ0n) is 16.0. The molecule has 1 aromatic rings. The van der Waals surface area contributed by atoms with Gasteiger partial charge in [-0.25, -0.2) is 9.78 Å². The second-order valence-electron chi connectivity index (χ2n) is 7.68. The number of rotatable bonds is 4. The lowest BCUT2D eigenvalue weighted by atomic mass is 9.77. The Bertz CT molecular complexity index is 657. The highest BCUT2D eigenvalue weighted by atomic mass is 32.1. The highest BCUT2D eigenvalue weighted by molar-refractivity contribution is 7.09. The summed E-state index contributed by atoms with van der Waals surface area (Å²) in [5, 5.41) is 10.3. The van der Waals surface area contributed by atoms with E-state index in [1.165, 1.54) is 5.01 Å². The molecule has 0 bridgehead atoms. The molecule has 28 heavy (non-hydrogen) atoms. The van der Waals surface area contributed by atoms with Gasteiger partial charge in [0.15, 0.2) is 0 Å². The number of nitrogens with zero attached hydrogens (tertiary/aromatic N) is 3. The Morgan fingerprint density at radius 2 is 1.86 bits per heavy atom. The van der Waals surface area contributed by atoms with Crippen molar-refractivity contribution in [1.29, 1.82) is 0 Å². The minimum Gasteiger partial charge on any atom is -0.475 e. The Balaban J connectivity index is 0.000000345. The third-order valence-electron chi connectivity index (χ3n) is 5.08. The lowest BCUT2D eigenvalue weighted by molar-refractivity contribution is -0.192. The van der Waals surface area contributed by atoms with Gasteiger partial charge in [-0.1, -0.05) is 13.8 Å². The van der Waals surface area contributed by atoms with Gasteiger partial charge in [0.05, 0.1) is 12.0 Å². The fourth-order valence-electron chi connectivity index (χ4n) is 3.63. The van der Waals surface area contributed by atoms with Crippen LogP contribution in [0.5, 0.6) is 0 Å². The molecule has 0 saturated carbocycles. The summed E-state index contributed by atoms with van der Waals surface area (Å²) in [6.45, 7) is 9.26. The SMILES string of the molecule is CC(C)CN1CCC2(CCN(Cc3nccs3)CC2)C1=O.O=C(O)C(F)(F)F. The molecule has 3 heterocycles. The van der Waals surface area contributed by atoms with Gasteiger partial charge in [-0.15, -0.1) is 11.3 Å². The summed E-state index contributed by atoms with van der Waals surface area (Å²) < 4.78 is 31.7. The molecule has 6 nitrogen and oxygen atoms in total. The van der Waals surface area contributed by atoms with Crippen molar-refractivity contribution in [2.75, 3.05) is 26.2 Å². The molecule has 0 radical (unpaired) electrons. The maximum atomic E-state index is 12.7. The smallest absolute Gasteiger partial charge is 0.475 e. The van der Waals surface area contributed by atoms with Crippen LogP contribution in [0.2, 0.25) is 0 Å². The predicted octanol–water partition coefficient (Wildman–Crippen LogP) is 3.25. The number of aliphatic carboxylic acids is 1. The molecule has 2 aliphatic heterocycles. The van der Waals surface area contributed by atoms with E-state index in [2.05, 4.69) is 28.6 Å². The zero-order chi connectivity index (χ0) is 20.9. The molecule has 1 N–H and O–H groups in total. The van der Waals surface area contributed by atoms with Crippen LogP contribution in [0.1, 0.15) is 38.1 Å². The summed E-state index contributed by atoms with van der Waals surface area (Å²) in [6, 6.07) is 0. The van der Waals surface area contributed by atoms with Crippen molar-refractivity contribution in [2.45, 2.75) is 45.8 Å².